The number of rotatable bonds is 20. The van der Waals surface area contributed by atoms with Crippen LogP contribution < -0.4 is 10.6 Å². The number of unbranched alkanes of at least 4 members (excludes halogenated alkanes) is 4. The summed E-state index contributed by atoms with van der Waals surface area (Å²) in [5.41, 5.74) is 4.25. The number of allylic oxidation sites excluding steroid dienone is 5. The zero-order valence-electron chi connectivity index (χ0n) is 55.2. The lowest BCUT2D eigenvalue weighted by Gasteiger charge is -2.44. The number of aryl methyl sites for hydroxylation is 1. The molecular formula is C73H100F6N10. The smallest absolute Gasteiger partial charge is 0.276 e. The average Bonchev–Trinajstić information content (AvgIpc) is 1.84. The highest BCUT2D eigenvalue weighted by atomic mass is 19.3. The third-order valence-electron chi connectivity index (χ3n) is 18.8. The fraction of sp³-hybridized carbons (Fsp3) is 0.575. The molecule has 3 aromatic rings. The van der Waals surface area contributed by atoms with Crippen LogP contribution in [0.2, 0.25) is 0 Å². The molecule has 2 saturated carbocycles. The summed E-state index contributed by atoms with van der Waals surface area (Å²) in [5.74, 6) is -7.02. The standard InChI is InChI=1S/C36H48F3N5.C35H46F3N5.C2H6/c1-8-41-34-30(20-32(24(2)3)35(23-40)17-18-35)27(6)43(7)19-10-9-12-25(4)44-21-28(22-44)15-16-36(38,39)31-14-11-13-29(33(31)37)26(5)42-34;1-6-7-8-9-10-18-43-20-27(21-43)14-15-35(37,38)30-13-11-12-28(32(30)36)26(5)42-33-29(25(4)40-23-41-33)19-31(24(2)3)34(22-39)16-17-34;1-2/h8,11,13-14,20,25-26,28H,1-2,9-10,12,15-19,21-22H2,3-7H3,(H,41,42);11-13,19,23,26-27H,2,6-10,14-18,20-21H2,1,3-5H3,(H,40,41,42);1-2H3/b30-27-,32-20?;;/t25?,26-;26-;/m11./s1. The zero-order valence-corrected chi connectivity index (χ0v) is 55.2. The van der Waals surface area contributed by atoms with Crippen molar-refractivity contribution in [2.75, 3.05) is 51.6 Å². The first kappa shape index (κ1) is 71.6. The highest BCUT2D eigenvalue weighted by Crippen LogP contribution is 2.55. The van der Waals surface area contributed by atoms with E-state index in [4.69, 9.17) is 4.99 Å². The number of likely N-dealkylation sites (tertiary alicyclic amines) is 1. The third-order valence-corrected chi connectivity index (χ3v) is 18.8. The van der Waals surface area contributed by atoms with Gasteiger partial charge >= 0.3 is 0 Å². The molecule has 0 spiro atoms. The third kappa shape index (κ3) is 18.1. The number of nitriles is 2. The molecule has 2 saturated heterocycles. The fourth-order valence-electron chi connectivity index (χ4n) is 12.5. The van der Waals surface area contributed by atoms with E-state index in [1.54, 1.807) is 13.8 Å². The van der Waals surface area contributed by atoms with Gasteiger partial charge in [0.05, 0.1) is 51.9 Å². The lowest BCUT2D eigenvalue weighted by Crippen LogP contribution is -2.51. The molecule has 0 amide bonds. The summed E-state index contributed by atoms with van der Waals surface area (Å²) in [6.07, 6.45) is 19.0. The van der Waals surface area contributed by atoms with Crippen LogP contribution in [0, 0.1) is 63.9 Å². The summed E-state index contributed by atoms with van der Waals surface area (Å²) in [5, 5.41) is 26.2. The number of nitrogens with one attached hydrogen (secondary N) is 2. The van der Waals surface area contributed by atoms with Crippen molar-refractivity contribution in [3.05, 3.63) is 153 Å². The molecule has 0 radical (unpaired) electrons. The van der Waals surface area contributed by atoms with E-state index >= 15 is 26.3 Å². The number of alkyl halides is 4. The Kier molecular flexibility index (Phi) is 25.7. The van der Waals surface area contributed by atoms with Crippen molar-refractivity contribution in [1.82, 2.24) is 30.0 Å². The van der Waals surface area contributed by atoms with Crippen molar-refractivity contribution in [1.29, 1.82) is 10.5 Å². The first-order valence-corrected chi connectivity index (χ1v) is 32.7. The molecule has 4 bridgehead atoms. The molecule has 10 nitrogen and oxygen atoms in total. The molecule has 16 heteroatoms. The van der Waals surface area contributed by atoms with Gasteiger partial charge in [-0.2, -0.15) is 10.5 Å². The van der Waals surface area contributed by atoms with E-state index in [0.29, 0.717) is 41.8 Å². The van der Waals surface area contributed by atoms with Crippen molar-refractivity contribution >= 4 is 17.7 Å². The number of halogens is 6. The van der Waals surface area contributed by atoms with Crippen molar-refractivity contribution in [2.24, 2.45) is 27.7 Å². The van der Waals surface area contributed by atoms with Crippen LogP contribution in [-0.2, 0) is 11.8 Å². The minimum absolute atomic E-state index is 0.105. The summed E-state index contributed by atoms with van der Waals surface area (Å²) in [7, 11) is 2.04. The number of fused-ring (bicyclic) bond motifs is 10. The van der Waals surface area contributed by atoms with E-state index in [0.717, 1.165) is 124 Å². The summed E-state index contributed by atoms with van der Waals surface area (Å²) in [6, 6.07) is 12.3. The monoisotopic (exact) mass is 1230 g/mol. The van der Waals surface area contributed by atoms with E-state index in [1.165, 1.54) is 74.6 Å². The minimum atomic E-state index is -3.28. The van der Waals surface area contributed by atoms with Crippen molar-refractivity contribution in [3.63, 3.8) is 0 Å². The van der Waals surface area contributed by atoms with Crippen molar-refractivity contribution in [3.8, 4) is 12.1 Å². The van der Waals surface area contributed by atoms with Gasteiger partial charge in [0.15, 0.2) is 0 Å². The summed E-state index contributed by atoms with van der Waals surface area (Å²) in [4.78, 5) is 20.5. The SMILES string of the molecule is C=C(C)C(=Cc1c(C)ncnc1N[C@H](C)c1cccc(C(F)(F)CCC2CN(CCCCCCC)C2)c1F)C1(C#N)CC1.C=CNC1=N[C@H](C)c2cccc(c2F)C(F)(F)CCC2CN(C2)C(C)CCCCN(C)/C(C)=C\1C=C(C(=C)C)C1(C#N)CC1.CC. The van der Waals surface area contributed by atoms with Gasteiger partial charge in [0.25, 0.3) is 11.8 Å². The van der Waals surface area contributed by atoms with E-state index in [9.17, 15) is 10.5 Å². The Morgan fingerprint density at radius 1 is 0.843 bits per heavy atom. The van der Waals surface area contributed by atoms with Crippen LogP contribution in [0.4, 0.5) is 32.2 Å². The molecule has 89 heavy (non-hydrogen) atoms. The predicted octanol–water partition coefficient (Wildman–Crippen LogP) is 18.6. The topological polar surface area (TPSA) is 120 Å². The zero-order chi connectivity index (χ0) is 65.4. The fourth-order valence-corrected chi connectivity index (χ4v) is 12.5. The highest BCUT2D eigenvalue weighted by Gasteiger charge is 2.48. The Hall–Kier alpha value is -6.49. The number of aromatic nitrogens is 2. The van der Waals surface area contributed by atoms with Crippen LogP contribution >= 0.6 is 0 Å². The van der Waals surface area contributed by atoms with Gasteiger partial charge in [-0.15, -0.1) is 0 Å². The van der Waals surface area contributed by atoms with Gasteiger partial charge in [-0.25, -0.2) is 36.3 Å². The average molecular weight is 1230 g/mol. The molecule has 6 aliphatic rings. The first-order chi connectivity index (χ1) is 42.3. The Labute approximate surface area is 529 Å². The molecule has 2 aromatic carbocycles. The number of benzene rings is 2. The van der Waals surface area contributed by atoms with Gasteiger partial charge in [0.1, 0.15) is 29.6 Å². The molecule has 4 fully saturated rings. The van der Waals surface area contributed by atoms with Gasteiger partial charge in [0.2, 0.25) is 0 Å². The Morgan fingerprint density at radius 3 is 2.08 bits per heavy atom. The molecule has 3 atom stereocenters. The molecule has 5 heterocycles. The second-order valence-electron chi connectivity index (χ2n) is 25.7. The van der Waals surface area contributed by atoms with Crippen LogP contribution in [0.5, 0.6) is 0 Å². The second-order valence-corrected chi connectivity index (χ2v) is 25.7. The second kappa shape index (κ2) is 32.0. The molecule has 1 aromatic heterocycles. The van der Waals surface area contributed by atoms with Gasteiger partial charge in [-0.3, -0.25) is 4.99 Å². The van der Waals surface area contributed by atoms with Crippen molar-refractivity contribution < 1.29 is 26.3 Å². The summed E-state index contributed by atoms with van der Waals surface area (Å²) >= 11 is 0. The first-order valence-electron chi connectivity index (χ1n) is 32.7. The molecule has 2 N–H and O–H groups in total. The lowest BCUT2D eigenvalue weighted by atomic mass is 9.88. The Morgan fingerprint density at radius 2 is 1.47 bits per heavy atom. The largest absolute Gasteiger partial charge is 0.378 e. The quantitative estimate of drug-likeness (QED) is 0.0647. The summed E-state index contributed by atoms with van der Waals surface area (Å²) in [6.45, 7) is 36.8. The molecule has 484 valence electrons. The minimum Gasteiger partial charge on any atom is -0.378 e. The number of nitrogens with zero attached hydrogens (tertiary/aromatic N) is 8. The van der Waals surface area contributed by atoms with Crippen LogP contribution in [0.25, 0.3) is 6.08 Å². The van der Waals surface area contributed by atoms with Crippen LogP contribution in [0.3, 0.4) is 0 Å². The normalized spacial score (nSPS) is 23.1. The number of aliphatic imine (C=N–C) groups is 1. The van der Waals surface area contributed by atoms with Crippen LogP contribution in [-0.4, -0.2) is 82.9 Å². The van der Waals surface area contributed by atoms with E-state index in [-0.39, 0.29) is 35.8 Å². The molecular weight excluding hydrogens is 1130 g/mol. The van der Waals surface area contributed by atoms with E-state index < -0.39 is 57.5 Å². The maximum absolute atomic E-state index is 15.9. The molecule has 9 rings (SSSR count). The number of amidine groups is 1. The maximum Gasteiger partial charge on any atom is 0.276 e. The highest BCUT2D eigenvalue weighted by molar-refractivity contribution is 6.02. The Balaban J connectivity index is 0.000000276. The van der Waals surface area contributed by atoms with Crippen LogP contribution in [0.15, 0.2) is 113 Å². The number of anilines is 1. The lowest BCUT2D eigenvalue weighted by molar-refractivity contribution is -0.0360. The van der Waals surface area contributed by atoms with Crippen LogP contribution in [0.1, 0.15) is 211 Å². The number of hydrogen-bond acceptors (Lipinski definition) is 10. The van der Waals surface area contributed by atoms with E-state index in [1.807, 2.05) is 60.7 Å². The molecule has 2 aliphatic carbocycles. The predicted molar refractivity (Wildman–Crippen MR) is 351 cm³/mol. The van der Waals surface area contributed by atoms with Crippen molar-refractivity contribution in [2.45, 2.75) is 202 Å². The Bertz CT molecular complexity index is 3140. The molecule has 4 aliphatic heterocycles. The maximum atomic E-state index is 15.9. The number of hydrogen-bond donors (Lipinski definition) is 2. The van der Waals surface area contributed by atoms with Gasteiger partial charge < -0.3 is 25.3 Å². The van der Waals surface area contributed by atoms with E-state index in [2.05, 4.69) is 81.0 Å². The molecule has 1 unspecified atom stereocenters. The summed E-state index contributed by atoms with van der Waals surface area (Å²) < 4.78 is 93.3. The van der Waals surface area contributed by atoms with Gasteiger partial charge in [0, 0.05) is 86.6 Å². The van der Waals surface area contributed by atoms with Gasteiger partial charge in [-0.1, -0.05) is 120 Å². The van der Waals surface area contributed by atoms with Gasteiger partial charge in [-0.05, 0) is 154 Å².